The molecule has 1 aromatic rings. The van der Waals surface area contributed by atoms with E-state index in [4.69, 9.17) is 5.73 Å². The smallest absolute Gasteiger partial charge is 0.0832 e. The fourth-order valence-electron chi connectivity index (χ4n) is 0.949. The summed E-state index contributed by atoms with van der Waals surface area (Å²) in [6, 6.07) is 0. The fraction of sp³-hybridized carbons (Fsp3) is 0.375. The van der Waals surface area contributed by atoms with Crippen LogP contribution in [0.3, 0.4) is 0 Å². The zero-order valence-electron chi connectivity index (χ0n) is 6.85. The Hall–Kier alpha value is -1.13. The van der Waals surface area contributed by atoms with Crippen molar-refractivity contribution in [3.05, 3.63) is 24.5 Å². The Kier molecular flexibility index (Phi) is 3.01. The largest absolute Gasteiger partial charge is 0.388 e. The molecule has 0 bridgehead atoms. The Bertz CT molecular complexity index is 257. The molecule has 1 heterocycles. The van der Waals surface area contributed by atoms with Crippen molar-refractivity contribution in [3.8, 4) is 0 Å². The molecule has 0 radical (unpaired) electrons. The molecule has 0 aromatic carbocycles. The Morgan fingerprint density at radius 3 is 3.08 bits per heavy atom. The molecule has 0 aliphatic carbocycles. The zero-order chi connectivity index (χ0) is 8.97. The molecule has 0 spiro atoms. The number of rotatable bonds is 4. The van der Waals surface area contributed by atoms with Crippen molar-refractivity contribution in [1.82, 2.24) is 9.78 Å². The predicted octanol–water partition coefficient (Wildman–Crippen LogP) is 0.366. The average Bonchev–Trinajstić information content (AvgIpc) is 2.52. The topological polar surface area (TPSA) is 64.1 Å². The van der Waals surface area contributed by atoms with Crippen LogP contribution in [0.15, 0.2) is 19.0 Å². The summed E-state index contributed by atoms with van der Waals surface area (Å²) in [6.07, 6.45) is 4.96. The molecule has 12 heavy (non-hydrogen) atoms. The van der Waals surface area contributed by atoms with Gasteiger partial charge in [0.25, 0.3) is 0 Å². The van der Waals surface area contributed by atoms with Crippen molar-refractivity contribution >= 4 is 6.20 Å². The molecule has 0 aliphatic heterocycles. The minimum atomic E-state index is -0.510. The van der Waals surface area contributed by atoms with Gasteiger partial charge in [-0.05, 0) is 13.0 Å². The van der Waals surface area contributed by atoms with Crippen LogP contribution >= 0.6 is 0 Å². The molecule has 0 amide bonds. The molecule has 66 valence electrons. The summed E-state index contributed by atoms with van der Waals surface area (Å²) < 4.78 is 1.55. The van der Waals surface area contributed by atoms with Crippen LogP contribution in [0.1, 0.15) is 18.1 Å². The number of nitrogens with two attached hydrogens (primary N) is 1. The number of hydrogen-bond acceptors (Lipinski definition) is 3. The molecule has 4 heteroatoms. The van der Waals surface area contributed by atoms with Gasteiger partial charge in [-0.15, -0.1) is 0 Å². The highest BCUT2D eigenvalue weighted by Crippen LogP contribution is 2.14. The van der Waals surface area contributed by atoms with Crippen LogP contribution in [0.2, 0.25) is 0 Å². The van der Waals surface area contributed by atoms with Crippen molar-refractivity contribution in [2.75, 3.05) is 6.54 Å². The highest BCUT2D eigenvalue weighted by atomic mass is 16.3. The summed E-state index contributed by atoms with van der Waals surface area (Å²) in [5, 5.41) is 13.4. The van der Waals surface area contributed by atoms with Gasteiger partial charge in [0, 0.05) is 18.0 Å². The first-order valence-electron chi connectivity index (χ1n) is 3.82. The lowest BCUT2D eigenvalue weighted by atomic mass is 10.1. The normalized spacial score (nSPS) is 12.8. The molecule has 1 unspecified atom stereocenters. The Morgan fingerprint density at radius 2 is 2.58 bits per heavy atom. The van der Waals surface area contributed by atoms with E-state index in [1.807, 2.05) is 0 Å². The first kappa shape index (κ1) is 8.96. The molecule has 0 aliphatic rings. The Morgan fingerprint density at radius 1 is 1.83 bits per heavy atom. The number of aromatic nitrogens is 2. The summed E-state index contributed by atoms with van der Waals surface area (Å²) in [6.45, 7) is 4.02. The number of hydrogen-bond donors (Lipinski definition) is 2. The van der Waals surface area contributed by atoms with Gasteiger partial charge in [0.05, 0.1) is 12.3 Å². The highest BCUT2D eigenvalue weighted by Gasteiger charge is 2.07. The summed E-state index contributed by atoms with van der Waals surface area (Å²) in [5.74, 6) is 0. The van der Waals surface area contributed by atoms with Crippen molar-refractivity contribution in [2.24, 2.45) is 5.73 Å². The monoisotopic (exact) mass is 167 g/mol. The summed E-state index contributed by atoms with van der Waals surface area (Å²) >= 11 is 0. The maximum atomic E-state index is 9.46. The Labute approximate surface area is 71.3 Å². The molecule has 1 aromatic heterocycles. The van der Waals surface area contributed by atoms with Crippen LogP contribution in [0, 0.1) is 0 Å². The highest BCUT2D eigenvalue weighted by molar-refractivity contribution is 5.19. The van der Waals surface area contributed by atoms with E-state index in [1.165, 1.54) is 0 Å². The van der Waals surface area contributed by atoms with Gasteiger partial charge < -0.3 is 10.8 Å². The van der Waals surface area contributed by atoms with Crippen LogP contribution in [0.4, 0.5) is 0 Å². The van der Waals surface area contributed by atoms with E-state index in [2.05, 4.69) is 11.7 Å². The van der Waals surface area contributed by atoms with E-state index in [9.17, 15) is 5.11 Å². The van der Waals surface area contributed by atoms with Gasteiger partial charge in [-0.3, -0.25) is 0 Å². The van der Waals surface area contributed by atoms with Crippen LogP contribution in [-0.4, -0.2) is 21.4 Å². The maximum absolute atomic E-state index is 9.46. The quantitative estimate of drug-likeness (QED) is 0.680. The molecule has 1 rings (SSSR count). The van der Waals surface area contributed by atoms with E-state index < -0.39 is 6.10 Å². The Balaban J connectivity index is 2.67. The van der Waals surface area contributed by atoms with E-state index in [0.717, 1.165) is 5.56 Å². The van der Waals surface area contributed by atoms with Crippen molar-refractivity contribution in [2.45, 2.75) is 12.5 Å². The minimum absolute atomic E-state index is 0.473. The predicted molar refractivity (Wildman–Crippen MR) is 47.2 cm³/mol. The minimum Gasteiger partial charge on any atom is -0.388 e. The fourth-order valence-corrected chi connectivity index (χ4v) is 0.949. The standard InChI is InChI=1S/C8H13N3O/c1-2-11-6-7(5-10-11)8(12)3-4-9/h2,5-6,8,12H,1,3-4,9H2. The SMILES string of the molecule is C=Cn1cc(C(O)CCN)cn1. The molecule has 1 atom stereocenters. The van der Waals surface area contributed by atoms with Crippen LogP contribution in [-0.2, 0) is 0 Å². The van der Waals surface area contributed by atoms with Crippen LogP contribution < -0.4 is 5.73 Å². The van der Waals surface area contributed by atoms with Gasteiger partial charge in [0.1, 0.15) is 0 Å². The maximum Gasteiger partial charge on any atom is 0.0832 e. The van der Waals surface area contributed by atoms with E-state index in [1.54, 1.807) is 23.3 Å². The lowest BCUT2D eigenvalue weighted by Gasteiger charge is -2.04. The molecule has 0 fully saturated rings. The molecule has 0 saturated carbocycles. The third kappa shape index (κ3) is 1.93. The van der Waals surface area contributed by atoms with Gasteiger partial charge >= 0.3 is 0 Å². The third-order valence-corrected chi connectivity index (χ3v) is 1.63. The number of aliphatic hydroxyl groups is 1. The van der Waals surface area contributed by atoms with Crippen LogP contribution in [0.5, 0.6) is 0 Å². The second-order valence-corrected chi connectivity index (χ2v) is 2.53. The lowest BCUT2D eigenvalue weighted by molar-refractivity contribution is 0.170. The first-order valence-corrected chi connectivity index (χ1v) is 3.82. The second-order valence-electron chi connectivity index (χ2n) is 2.53. The number of nitrogens with zero attached hydrogens (tertiary/aromatic N) is 2. The van der Waals surface area contributed by atoms with E-state index >= 15 is 0 Å². The van der Waals surface area contributed by atoms with Gasteiger partial charge in [0.15, 0.2) is 0 Å². The zero-order valence-corrected chi connectivity index (χ0v) is 6.85. The molecule has 0 saturated heterocycles. The first-order chi connectivity index (χ1) is 5.77. The van der Waals surface area contributed by atoms with E-state index in [-0.39, 0.29) is 0 Å². The van der Waals surface area contributed by atoms with Crippen molar-refractivity contribution in [1.29, 1.82) is 0 Å². The van der Waals surface area contributed by atoms with Gasteiger partial charge in [0.2, 0.25) is 0 Å². The average molecular weight is 167 g/mol. The number of aliphatic hydroxyl groups excluding tert-OH is 1. The third-order valence-electron chi connectivity index (χ3n) is 1.63. The molecular formula is C8H13N3O. The lowest BCUT2D eigenvalue weighted by Crippen LogP contribution is -2.05. The van der Waals surface area contributed by atoms with E-state index in [0.29, 0.717) is 13.0 Å². The summed E-state index contributed by atoms with van der Waals surface area (Å²) in [7, 11) is 0. The molecule has 4 nitrogen and oxygen atoms in total. The van der Waals surface area contributed by atoms with Gasteiger partial charge in [-0.1, -0.05) is 6.58 Å². The summed E-state index contributed by atoms with van der Waals surface area (Å²) in [5.41, 5.74) is 6.08. The van der Waals surface area contributed by atoms with Crippen molar-refractivity contribution in [3.63, 3.8) is 0 Å². The second kappa shape index (κ2) is 4.04. The summed E-state index contributed by atoms with van der Waals surface area (Å²) in [4.78, 5) is 0. The van der Waals surface area contributed by atoms with Crippen molar-refractivity contribution < 1.29 is 5.11 Å². The molecular weight excluding hydrogens is 154 g/mol. The van der Waals surface area contributed by atoms with Gasteiger partial charge in [-0.25, -0.2) is 4.68 Å². The van der Waals surface area contributed by atoms with Crippen LogP contribution in [0.25, 0.3) is 6.20 Å². The molecule has 3 N–H and O–H groups in total. The van der Waals surface area contributed by atoms with Gasteiger partial charge in [-0.2, -0.15) is 5.10 Å².